The molecule has 16 heavy (non-hydrogen) atoms. The van der Waals surface area contributed by atoms with Crippen LogP contribution in [0.25, 0.3) is 0 Å². The zero-order valence-electron chi connectivity index (χ0n) is 8.26. The largest absolute Gasteiger partial charge is 0.480 e. The molecule has 0 amide bonds. The zero-order valence-corrected chi connectivity index (χ0v) is 8.26. The number of carbonyl (C=O) groups excluding carboxylic acids is 1. The second-order valence-electron chi connectivity index (χ2n) is 3.23. The normalized spacial score (nSPS) is 14.2. The smallest absolute Gasteiger partial charge is 0.322 e. The average Bonchev–Trinajstić information content (AvgIpc) is 2.26. The number of carboxylic acids is 1. The van der Waals surface area contributed by atoms with Crippen LogP contribution in [-0.2, 0) is 4.79 Å². The van der Waals surface area contributed by atoms with Crippen LogP contribution in [0.3, 0.4) is 0 Å². The molecule has 86 valence electrons. The van der Waals surface area contributed by atoms with Crippen LogP contribution in [0.4, 0.5) is 4.39 Å². The summed E-state index contributed by atoms with van der Waals surface area (Å²) in [4.78, 5) is 22.1. The number of hydrogen-bond acceptors (Lipinski definition) is 4. The molecule has 0 spiro atoms. The maximum atomic E-state index is 13.2. The highest BCUT2D eigenvalue weighted by Gasteiger charge is 2.29. The number of Topliss-reactive ketones (excluding diaryl/α,β-unsaturated/α-hetero) is 1. The van der Waals surface area contributed by atoms with E-state index in [9.17, 15) is 14.0 Å². The monoisotopic (exact) mass is 226 g/mol. The van der Waals surface area contributed by atoms with Crippen molar-refractivity contribution in [3.05, 3.63) is 35.6 Å². The molecule has 0 aliphatic heterocycles. The number of ketones is 1. The predicted octanol–water partition coefficient (Wildman–Crippen LogP) is -0.252. The van der Waals surface area contributed by atoms with Gasteiger partial charge in [-0.05, 0) is 12.1 Å². The van der Waals surface area contributed by atoms with E-state index in [2.05, 4.69) is 0 Å². The maximum Gasteiger partial charge on any atom is 0.322 e. The van der Waals surface area contributed by atoms with Gasteiger partial charge in [-0.15, -0.1) is 0 Å². The van der Waals surface area contributed by atoms with E-state index in [1.165, 1.54) is 18.2 Å². The minimum Gasteiger partial charge on any atom is -0.480 e. The Kier molecular flexibility index (Phi) is 3.70. The second kappa shape index (κ2) is 4.82. The Labute approximate surface area is 90.9 Å². The van der Waals surface area contributed by atoms with Gasteiger partial charge in [0, 0.05) is 0 Å². The molecule has 1 aromatic carbocycles. The first-order valence-electron chi connectivity index (χ1n) is 4.48. The van der Waals surface area contributed by atoms with Crippen molar-refractivity contribution in [2.45, 2.75) is 12.1 Å². The Morgan fingerprint density at radius 1 is 1.19 bits per heavy atom. The van der Waals surface area contributed by atoms with Gasteiger partial charge in [0.1, 0.15) is 11.9 Å². The summed E-state index contributed by atoms with van der Waals surface area (Å²) in [5, 5.41) is 8.57. The molecule has 6 heteroatoms. The second-order valence-corrected chi connectivity index (χ2v) is 3.23. The molecule has 0 aromatic heterocycles. The number of rotatable bonds is 4. The fraction of sp³-hybridized carbons (Fsp3) is 0.200. The molecule has 0 saturated heterocycles. The van der Waals surface area contributed by atoms with Crippen LogP contribution in [0.1, 0.15) is 10.4 Å². The van der Waals surface area contributed by atoms with Crippen LogP contribution in [0.5, 0.6) is 0 Å². The summed E-state index contributed by atoms with van der Waals surface area (Å²) < 4.78 is 13.2. The Morgan fingerprint density at radius 2 is 1.75 bits per heavy atom. The predicted molar refractivity (Wildman–Crippen MR) is 54.3 cm³/mol. The van der Waals surface area contributed by atoms with Crippen LogP contribution in [0, 0.1) is 5.82 Å². The third-order valence-corrected chi connectivity index (χ3v) is 2.11. The van der Waals surface area contributed by atoms with Crippen molar-refractivity contribution in [1.29, 1.82) is 0 Å². The highest BCUT2D eigenvalue weighted by molar-refractivity contribution is 6.03. The van der Waals surface area contributed by atoms with Crippen LogP contribution >= 0.6 is 0 Å². The third kappa shape index (κ3) is 2.41. The molecule has 2 unspecified atom stereocenters. The summed E-state index contributed by atoms with van der Waals surface area (Å²) in [5.74, 6) is -2.98. The summed E-state index contributed by atoms with van der Waals surface area (Å²) in [5.41, 5.74) is 10.3. The number of carboxylic acid groups (broad SMARTS) is 1. The van der Waals surface area contributed by atoms with E-state index in [-0.39, 0.29) is 5.56 Å². The minimum atomic E-state index is -1.55. The van der Waals surface area contributed by atoms with Crippen LogP contribution in [-0.4, -0.2) is 28.9 Å². The van der Waals surface area contributed by atoms with Crippen molar-refractivity contribution in [2.75, 3.05) is 0 Å². The molecule has 0 aliphatic rings. The molecule has 0 heterocycles. The third-order valence-electron chi connectivity index (χ3n) is 2.11. The molecule has 2 atom stereocenters. The molecule has 0 saturated carbocycles. The maximum absolute atomic E-state index is 13.2. The summed E-state index contributed by atoms with van der Waals surface area (Å²) >= 11 is 0. The van der Waals surface area contributed by atoms with Crippen molar-refractivity contribution in [1.82, 2.24) is 0 Å². The van der Waals surface area contributed by atoms with E-state index in [1.807, 2.05) is 0 Å². The van der Waals surface area contributed by atoms with Crippen LogP contribution in [0.15, 0.2) is 24.3 Å². The quantitative estimate of drug-likeness (QED) is 0.613. The lowest BCUT2D eigenvalue weighted by Crippen LogP contribution is -2.51. The van der Waals surface area contributed by atoms with Gasteiger partial charge in [0.2, 0.25) is 0 Å². The average molecular weight is 226 g/mol. The van der Waals surface area contributed by atoms with Gasteiger partial charge in [-0.25, -0.2) is 4.39 Å². The highest BCUT2D eigenvalue weighted by Crippen LogP contribution is 2.09. The standard InChI is InChI=1S/C10H11FN2O3/c11-6-4-2-1-3-5(6)9(14)7(12)8(13)10(15)16/h1-4,7-8H,12-13H2,(H,15,16). The van der Waals surface area contributed by atoms with Gasteiger partial charge < -0.3 is 16.6 Å². The van der Waals surface area contributed by atoms with Crippen molar-refractivity contribution < 1.29 is 19.1 Å². The molecule has 5 N–H and O–H groups in total. The summed E-state index contributed by atoms with van der Waals surface area (Å²) in [6, 6.07) is 2.17. The molecule has 0 bridgehead atoms. The van der Waals surface area contributed by atoms with Crippen molar-refractivity contribution in [3.8, 4) is 0 Å². The highest BCUT2D eigenvalue weighted by atomic mass is 19.1. The molecule has 1 aromatic rings. The van der Waals surface area contributed by atoms with E-state index in [0.717, 1.165) is 6.07 Å². The minimum absolute atomic E-state index is 0.258. The lowest BCUT2D eigenvalue weighted by molar-refractivity contribution is -0.138. The molecular formula is C10H11FN2O3. The number of halogens is 1. The summed E-state index contributed by atoms with van der Waals surface area (Å²) in [7, 11) is 0. The SMILES string of the molecule is NC(C(=O)O)C(N)C(=O)c1ccccc1F. The Balaban J connectivity index is 2.95. The first-order chi connectivity index (χ1) is 7.45. The van der Waals surface area contributed by atoms with Crippen LogP contribution < -0.4 is 11.5 Å². The Hall–Kier alpha value is -1.79. The number of carbonyl (C=O) groups is 2. The molecular weight excluding hydrogens is 215 g/mol. The first-order valence-corrected chi connectivity index (χ1v) is 4.48. The molecule has 0 fully saturated rings. The van der Waals surface area contributed by atoms with E-state index in [4.69, 9.17) is 16.6 Å². The zero-order chi connectivity index (χ0) is 12.3. The fourth-order valence-corrected chi connectivity index (χ4v) is 1.16. The first kappa shape index (κ1) is 12.3. The van der Waals surface area contributed by atoms with E-state index < -0.39 is 29.7 Å². The van der Waals surface area contributed by atoms with Gasteiger partial charge in [0.15, 0.2) is 5.78 Å². The lowest BCUT2D eigenvalue weighted by atomic mass is 9.99. The van der Waals surface area contributed by atoms with E-state index >= 15 is 0 Å². The number of nitrogens with two attached hydrogens (primary N) is 2. The van der Waals surface area contributed by atoms with Crippen LogP contribution in [0.2, 0.25) is 0 Å². The Morgan fingerprint density at radius 3 is 2.25 bits per heavy atom. The van der Waals surface area contributed by atoms with Gasteiger partial charge in [-0.2, -0.15) is 0 Å². The molecule has 5 nitrogen and oxygen atoms in total. The lowest BCUT2D eigenvalue weighted by Gasteiger charge is -2.14. The summed E-state index contributed by atoms with van der Waals surface area (Å²) in [6.07, 6.45) is 0. The van der Waals surface area contributed by atoms with Gasteiger partial charge in [-0.1, -0.05) is 12.1 Å². The Bertz CT molecular complexity index is 422. The van der Waals surface area contributed by atoms with Gasteiger partial charge in [0.25, 0.3) is 0 Å². The summed E-state index contributed by atoms with van der Waals surface area (Å²) in [6.45, 7) is 0. The van der Waals surface area contributed by atoms with Gasteiger partial charge in [0.05, 0.1) is 11.6 Å². The molecule has 0 aliphatic carbocycles. The van der Waals surface area contributed by atoms with Crippen molar-refractivity contribution in [2.24, 2.45) is 11.5 Å². The van der Waals surface area contributed by atoms with Gasteiger partial charge >= 0.3 is 5.97 Å². The van der Waals surface area contributed by atoms with E-state index in [0.29, 0.717) is 0 Å². The van der Waals surface area contributed by atoms with Crippen molar-refractivity contribution in [3.63, 3.8) is 0 Å². The molecule has 1 rings (SSSR count). The molecule has 0 radical (unpaired) electrons. The van der Waals surface area contributed by atoms with E-state index in [1.54, 1.807) is 0 Å². The number of hydrogen-bond donors (Lipinski definition) is 3. The topological polar surface area (TPSA) is 106 Å². The fourth-order valence-electron chi connectivity index (χ4n) is 1.16. The van der Waals surface area contributed by atoms with Gasteiger partial charge in [-0.3, -0.25) is 9.59 Å². The van der Waals surface area contributed by atoms with Crippen molar-refractivity contribution >= 4 is 11.8 Å². The number of benzene rings is 1. The number of aliphatic carboxylic acids is 1.